The quantitative estimate of drug-likeness (QED) is 0.680. The Morgan fingerprint density at radius 2 is 1.96 bits per heavy atom. The maximum absolute atomic E-state index is 12.6. The van der Waals surface area contributed by atoms with E-state index in [1.165, 1.54) is 28.1 Å². The molecular weight excluding hydrogens is 400 g/mol. The van der Waals surface area contributed by atoms with Gasteiger partial charge in [0.05, 0.1) is 18.1 Å². The molecular formula is C18H24N4O4S2. The summed E-state index contributed by atoms with van der Waals surface area (Å²) in [5.74, 6) is -0.151. The van der Waals surface area contributed by atoms with Crippen LogP contribution in [0, 0.1) is 13.8 Å². The van der Waals surface area contributed by atoms with Crippen LogP contribution in [-0.2, 0) is 10.0 Å². The second-order valence-electron chi connectivity index (χ2n) is 6.97. The summed E-state index contributed by atoms with van der Waals surface area (Å²) in [6.45, 7) is 4.57. The van der Waals surface area contributed by atoms with Crippen LogP contribution in [0.15, 0.2) is 18.3 Å². The highest BCUT2D eigenvalue weighted by molar-refractivity contribution is 7.88. The van der Waals surface area contributed by atoms with Crippen molar-refractivity contribution < 1.29 is 18.3 Å². The third-order valence-electron chi connectivity index (χ3n) is 4.86. The molecule has 0 radical (unpaired) electrons. The first-order valence-electron chi connectivity index (χ1n) is 8.93. The van der Waals surface area contributed by atoms with E-state index < -0.39 is 10.0 Å². The number of aryl methyl sites for hydroxylation is 1. The number of sulfonamides is 1. The lowest BCUT2D eigenvalue weighted by molar-refractivity contribution is 0.103. The maximum Gasteiger partial charge on any atom is 0.267 e. The topological polar surface area (TPSA) is 112 Å². The van der Waals surface area contributed by atoms with E-state index in [4.69, 9.17) is 0 Å². The number of hydrogen-bond donors (Lipinski definition) is 3. The van der Waals surface area contributed by atoms with Crippen molar-refractivity contribution in [2.75, 3.05) is 30.0 Å². The van der Waals surface area contributed by atoms with Gasteiger partial charge in [-0.1, -0.05) is 17.4 Å². The molecule has 0 bridgehead atoms. The number of phenolic OH excluding ortho intramolecular Hbond substituents is 1. The fraction of sp³-hybridized carbons (Fsp3) is 0.444. The first-order chi connectivity index (χ1) is 13.1. The Morgan fingerprint density at radius 1 is 1.29 bits per heavy atom. The zero-order valence-corrected chi connectivity index (χ0v) is 17.7. The Kier molecular flexibility index (Phi) is 5.92. The second-order valence-corrected chi connectivity index (χ2v) is 9.98. The average molecular weight is 425 g/mol. The molecule has 152 valence electrons. The first-order valence-corrected chi connectivity index (χ1v) is 11.6. The summed E-state index contributed by atoms with van der Waals surface area (Å²) in [4.78, 5) is 17.3. The predicted molar refractivity (Wildman–Crippen MR) is 111 cm³/mol. The fourth-order valence-electron chi connectivity index (χ4n) is 3.16. The van der Waals surface area contributed by atoms with E-state index in [9.17, 15) is 18.3 Å². The van der Waals surface area contributed by atoms with Gasteiger partial charge in [0.1, 0.15) is 10.6 Å². The highest BCUT2D eigenvalue weighted by Gasteiger charge is 2.25. The number of carbonyl (C=O) groups is 1. The number of rotatable bonds is 5. The van der Waals surface area contributed by atoms with E-state index in [0.29, 0.717) is 47.2 Å². The molecule has 1 aliphatic rings. The Balaban J connectivity index is 1.62. The van der Waals surface area contributed by atoms with Gasteiger partial charge in [0.15, 0.2) is 5.13 Å². The normalized spacial score (nSPS) is 16.1. The van der Waals surface area contributed by atoms with E-state index in [1.54, 1.807) is 19.1 Å². The first kappa shape index (κ1) is 20.6. The number of phenols is 1. The SMILES string of the molecule is Cc1ccc(O)c(C)c1NC(=O)c1cnc(NC2CCN(S(C)(=O)=O)CC2)s1. The van der Waals surface area contributed by atoms with Crippen LogP contribution in [0.3, 0.4) is 0 Å². The minimum absolute atomic E-state index is 0.121. The summed E-state index contributed by atoms with van der Waals surface area (Å²) >= 11 is 1.25. The van der Waals surface area contributed by atoms with Gasteiger partial charge in [-0.05, 0) is 38.3 Å². The fourth-order valence-corrected chi connectivity index (χ4v) is 4.82. The molecule has 2 heterocycles. The van der Waals surface area contributed by atoms with Crippen molar-refractivity contribution in [1.82, 2.24) is 9.29 Å². The standard InChI is InChI=1S/C18H24N4O4S2/c1-11-4-5-14(23)12(2)16(11)21-17(24)15-10-19-18(27-15)20-13-6-8-22(9-7-13)28(3,25)26/h4-5,10,13,23H,6-9H2,1-3H3,(H,19,20)(H,21,24). The molecule has 1 aliphatic heterocycles. The molecule has 1 aromatic carbocycles. The summed E-state index contributed by atoms with van der Waals surface area (Å²) in [7, 11) is -3.15. The van der Waals surface area contributed by atoms with E-state index in [1.807, 2.05) is 6.92 Å². The van der Waals surface area contributed by atoms with Crippen molar-refractivity contribution in [1.29, 1.82) is 0 Å². The van der Waals surface area contributed by atoms with Crippen molar-refractivity contribution in [2.45, 2.75) is 32.7 Å². The van der Waals surface area contributed by atoms with E-state index in [-0.39, 0.29) is 17.7 Å². The molecule has 1 fully saturated rings. The Hall–Kier alpha value is -2.17. The molecule has 3 rings (SSSR count). The number of benzene rings is 1. The summed E-state index contributed by atoms with van der Waals surface area (Å²) in [5, 5.41) is 16.6. The molecule has 1 aromatic heterocycles. The molecule has 10 heteroatoms. The maximum atomic E-state index is 12.6. The van der Waals surface area contributed by atoms with Gasteiger partial charge in [0, 0.05) is 24.7 Å². The van der Waals surface area contributed by atoms with Crippen LogP contribution in [0.25, 0.3) is 0 Å². The highest BCUT2D eigenvalue weighted by Crippen LogP contribution is 2.29. The van der Waals surface area contributed by atoms with Crippen LogP contribution in [0.1, 0.15) is 33.6 Å². The molecule has 8 nitrogen and oxygen atoms in total. The number of nitrogens with zero attached hydrogens (tertiary/aromatic N) is 2. The van der Waals surface area contributed by atoms with Crippen molar-refractivity contribution >= 4 is 38.1 Å². The molecule has 28 heavy (non-hydrogen) atoms. The van der Waals surface area contributed by atoms with Crippen molar-refractivity contribution in [3.8, 4) is 5.75 Å². The van der Waals surface area contributed by atoms with Crippen molar-refractivity contribution in [2.24, 2.45) is 0 Å². The summed E-state index contributed by atoms with van der Waals surface area (Å²) < 4.78 is 24.6. The molecule has 1 amide bonds. The van der Waals surface area contributed by atoms with Crippen molar-refractivity contribution in [3.63, 3.8) is 0 Å². The monoisotopic (exact) mass is 424 g/mol. The zero-order valence-electron chi connectivity index (χ0n) is 16.0. The predicted octanol–water partition coefficient (Wildman–Crippen LogP) is 2.55. The van der Waals surface area contributed by atoms with Crippen LogP contribution in [0.4, 0.5) is 10.8 Å². The summed E-state index contributed by atoms with van der Waals surface area (Å²) in [6.07, 6.45) is 4.12. The lowest BCUT2D eigenvalue weighted by atomic mass is 10.1. The number of amides is 1. The zero-order chi connectivity index (χ0) is 20.5. The van der Waals surface area contributed by atoms with E-state index >= 15 is 0 Å². The lowest BCUT2D eigenvalue weighted by Crippen LogP contribution is -2.41. The number of thiazole rings is 1. The number of carbonyl (C=O) groups excluding carboxylic acids is 1. The summed E-state index contributed by atoms with van der Waals surface area (Å²) in [6, 6.07) is 3.47. The molecule has 1 saturated heterocycles. The van der Waals surface area contributed by atoms with Gasteiger partial charge in [-0.15, -0.1) is 0 Å². The van der Waals surface area contributed by atoms with Crippen LogP contribution < -0.4 is 10.6 Å². The van der Waals surface area contributed by atoms with Gasteiger partial charge < -0.3 is 15.7 Å². The Labute approximate surface area is 168 Å². The summed E-state index contributed by atoms with van der Waals surface area (Å²) in [5.41, 5.74) is 2.08. The van der Waals surface area contributed by atoms with Gasteiger partial charge in [-0.25, -0.2) is 17.7 Å². The minimum atomic E-state index is -3.15. The lowest BCUT2D eigenvalue weighted by Gasteiger charge is -2.30. The largest absolute Gasteiger partial charge is 0.508 e. The van der Waals surface area contributed by atoms with E-state index in [0.717, 1.165) is 5.56 Å². The van der Waals surface area contributed by atoms with Gasteiger partial charge in [0.2, 0.25) is 10.0 Å². The van der Waals surface area contributed by atoms with E-state index in [2.05, 4.69) is 15.6 Å². The number of nitrogens with one attached hydrogen (secondary N) is 2. The van der Waals surface area contributed by atoms with Crippen LogP contribution in [0.2, 0.25) is 0 Å². The van der Waals surface area contributed by atoms with Gasteiger partial charge in [-0.2, -0.15) is 0 Å². The van der Waals surface area contributed by atoms with Crippen LogP contribution in [-0.4, -0.2) is 54.1 Å². The third-order valence-corrected chi connectivity index (χ3v) is 7.09. The minimum Gasteiger partial charge on any atom is -0.508 e. The number of piperidine rings is 1. The molecule has 3 N–H and O–H groups in total. The number of aromatic hydroxyl groups is 1. The second kappa shape index (κ2) is 8.06. The number of hydrogen-bond acceptors (Lipinski definition) is 7. The van der Waals surface area contributed by atoms with Gasteiger partial charge in [-0.3, -0.25) is 4.79 Å². The molecule has 0 saturated carbocycles. The molecule has 0 atom stereocenters. The highest BCUT2D eigenvalue weighted by atomic mass is 32.2. The third kappa shape index (κ3) is 4.62. The number of aromatic nitrogens is 1. The molecule has 0 spiro atoms. The van der Waals surface area contributed by atoms with Crippen LogP contribution >= 0.6 is 11.3 Å². The molecule has 2 aromatic rings. The van der Waals surface area contributed by atoms with Crippen molar-refractivity contribution in [3.05, 3.63) is 34.3 Å². The Bertz CT molecular complexity index is 979. The molecule has 0 aliphatic carbocycles. The number of anilines is 2. The smallest absolute Gasteiger partial charge is 0.267 e. The van der Waals surface area contributed by atoms with Crippen LogP contribution in [0.5, 0.6) is 5.75 Å². The average Bonchev–Trinajstić information content (AvgIpc) is 3.10. The Morgan fingerprint density at radius 3 is 2.61 bits per heavy atom. The van der Waals surface area contributed by atoms with Gasteiger partial charge in [0.25, 0.3) is 5.91 Å². The molecule has 0 unspecified atom stereocenters. The van der Waals surface area contributed by atoms with Gasteiger partial charge >= 0.3 is 0 Å².